The number of amides is 1. The molecule has 0 N–H and O–H groups in total. The topological polar surface area (TPSA) is 90.0 Å². The Labute approximate surface area is 109 Å². The van der Waals surface area contributed by atoms with Gasteiger partial charge in [-0.15, -0.1) is 0 Å². The van der Waals surface area contributed by atoms with Crippen molar-refractivity contribution >= 4 is 21.9 Å². The fraction of sp³-hybridized carbons (Fsp3) is 0.273. The van der Waals surface area contributed by atoms with E-state index < -0.39 is 28.4 Å². The van der Waals surface area contributed by atoms with Crippen molar-refractivity contribution < 1.29 is 27.5 Å². The van der Waals surface area contributed by atoms with Crippen LogP contribution < -0.4 is 4.74 Å². The molecule has 0 saturated carbocycles. The molecule has 1 amide bonds. The number of carbonyl (C=O) groups excluding carboxylic acids is 2. The number of methoxy groups -OCH3 is 2. The van der Waals surface area contributed by atoms with E-state index in [-0.39, 0.29) is 10.5 Å². The Morgan fingerprint density at radius 1 is 1.32 bits per heavy atom. The van der Waals surface area contributed by atoms with Gasteiger partial charge in [-0.2, -0.15) is 0 Å². The number of sulfonamides is 1. The van der Waals surface area contributed by atoms with Gasteiger partial charge in [0.2, 0.25) is 0 Å². The van der Waals surface area contributed by atoms with Gasteiger partial charge in [-0.05, 0) is 12.1 Å². The normalized spacial score (nSPS) is 16.1. The zero-order chi connectivity index (χ0) is 14.2. The molecule has 2 rings (SSSR count). The molecule has 0 atom stereocenters. The maximum Gasteiger partial charge on any atom is 0.326 e. The van der Waals surface area contributed by atoms with Crippen LogP contribution in [0.15, 0.2) is 23.1 Å². The van der Waals surface area contributed by atoms with E-state index in [2.05, 4.69) is 4.74 Å². The number of hydrogen-bond donors (Lipinski definition) is 0. The Morgan fingerprint density at radius 3 is 2.58 bits per heavy atom. The van der Waals surface area contributed by atoms with Gasteiger partial charge in [0, 0.05) is 6.07 Å². The van der Waals surface area contributed by atoms with Gasteiger partial charge in [0.1, 0.15) is 17.2 Å². The van der Waals surface area contributed by atoms with Gasteiger partial charge in [-0.3, -0.25) is 9.59 Å². The molecule has 1 aliphatic heterocycles. The molecule has 0 unspecified atom stereocenters. The lowest BCUT2D eigenvalue weighted by Crippen LogP contribution is -2.35. The van der Waals surface area contributed by atoms with E-state index >= 15 is 0 Å². The minimum Gasteiger partial charge on any atom is -0.497 e. The summed E-state index contributed by atoms with van der Waals surface area (Å²) in [6.45, 7) is -0.644. The lowest BCUT2D eigenvalue weighted by atomic mass is 10.2. The molecular formula is C11H11NO6S. The SMILES string of the molecule is COC(=O)CN1C(=O)c2ccc(OC)cc2S1(=O)=O. The monoisotopic (exact) mass is 285 g/mol. The van der Waals surface area contributed by atoms with Crippen LogP contribution >= 0.6 is 0 Å². The maximum atomic E-state index is 12.2. The van der Waals surface area contributed by atoms with E-state index in [0.717, 1.165) is 7.11 Å². The lowest BCUT2D eigenvalue weighted by Gasteiger charge is -2.12. The molecule has 0 aliphatic carbocycles. The first-order valence-electron chi connectivity index (χ1n) is 5.23. The molecule has 7 nitrogen and oxygen atoms in total. The predicted molar refractivity (Wildman–Crippen MR) is 63.2 cm³/mol. The third-order valence-electron chi connectivity index (χ3n) is 2.71. The third-order valence-corrected chi connectivity index (χ3v) is 4.48. The highest BCUT2D eigenvalue weighted by molar-refractivity contribution is 7.90. The van der Waals surface area contributed by atoms with Crippen molar-refractivity contribution in [2.75, 3.05) is 20.8 Å². The molecule has 1 heterocycles. The molecular weight excluding hydrogens is 274 g/mol. The van der Waals surface area contributed by atoms with Crippen molar-refractivity contribution in [2.45, 2.75) is 4.90 Å². The van der Waals surface area contributed by atoms with Crippen LogP contribution in [0.1, 0.15) is 10.4 Å². The largest absolute Gasteiger partial charge is 0.497 e. The van der Waals surface area contributed by atoms with E-state index in [9.17, 15) is 18.0 Å². The van der Waals surface area contributed by atoms with Crippen LogP contribution in [0, 0.1) is 0 Å². The maximum absolute atomic E-state index is 12.2. The smallest absolute Gasteiger partial charge is 0.326 e. The molecule has 19 heavy (non-hydrogen) atoms. The number of rotatable bonds is 3. The van der Waals surface area contributed by atoms with Crippen LogP contribution in [-0.2, 0) is 19.6 Å². The highest BCUT2D eigenvalue weighted by Crippen LogP contribution is 2.32. The van der Waals surface area contributed by atoms with Gasteiger partial charge < -0.3 is 9.47 Å². The molecule has 1 aromatic rings. The predicted octanol–water partition coefficient (Wildman–Crippen LogP) is 0.0127. The van der Waals surface area contributed by atoms with Crippen molar-refractivity contribution in [3.05, 3.63) is 23.8 Å². The number of hydrogen-bond acceptors (Lipinski definition) is 6. The molecule has 0 radical (unpaired) electrons. The van der Waals surface area contributed by atoms with Gasteiger partial charge in [-0.1, -0.05) is 0 Å². The summed E-state index contributed by atoms with van der Waals surface area (Å²) in [6.07, 6.45) is 0. The van der Waals surface area contributed by atoms with Crippen LogP contribution in [0.2, 0.25) is 0 Å². The van der Waals surface area contributed by atoms with Gasteiger partial charge in [0.15, 0.2) is 0 Å². The first-order chi connectivity index (χ1) is 8.91. The minimum atomic E-state index is -4.03. The first-order valence-corrected chi connectivity index (χ1v) is 6.67. The molecule has 1 aliphatic rings. The molecule has 8 heteroatoms. The number of fused-ring (bicyclic) bond motifs is 1. The average Bonchev–Trinajstić information content (AvgIpc) is 2.59. The van der Waals surface area contributed by atoms with E-state index in [1.165, 1.54) is 25.3 Å². The summed E-state index contributed by atoms with van der Waals surface area (Å²) < 4.78 is 34.1. The van der Waals surface area contributed by atoms with Gasteiger partial charge in [0.05, 0.1) is 19.8 Å². The van der Waals surface area contributed by atoms with Crippen molar-refractivity contribution in [1.29, 1.82) is 0 Å². The third kappa shape index (κ3) is 2.03. The van der Waals surface area contributed by atoms with Crippen LogP contribution in [0.4, 0.5) is 0 Å². The summed E-state index contributed by atoms with van der Waals surface area (Å²) in [5, 5.41) is 0. The van der Waals surface area contributed by atoms with Crippen LogP contribution in [0.25, 0.3) is 0 Å². The van der Waals surface area contributed by atoms with Crippen molar-refractivity contribution in [2.24, 2.45) is 0 Å². The molecule has 0 aromatic heterocycles. The van der Waals surface area contributed by atoms with Gasteiger partial charge in [0.25, 0.3) is 15.9 Å². The standard InChI is InChI=1S/C11H11NO6S/c1-17-7-3-4-8-9(5-7)19(15,16)12(11(8)14)6-10(13)18-2/h3-5H,6H2,1-2H3. The lowest BCUT2D eigenvalue weighted by molar-refractivity contribution is -0.140. The van der Waals surface area contributed by atoms with Gasteiger partial charge >= 0.3 is 5.97 Å². The second-order valence-electron chi connectivity index (χ2n) is 3.76. The minimum absolute atomic E-state index is 0.0182. The second-order valence-corrected chi connectivity index (χ2v) is 5.59. The Bertz CT molecular complexity index is 651. The fourth-order valence-corrected chi connectivity index (χ4v) is 3.25. The fourth-order valence-electron chi connectivity index (χ4n) is 1.72. The summed E-state index contributed by atoms with van der Waals surface area (Å²) in [6, 6.07) is 4.08. The summed E-state index contributed by atoms with van der Waals surface area (Å²) >= 11 is 0. The number of benzene rings is 1. The zero-order valence-electron chi connectivity index (χ0n) is 10.2. The molecule has 0 fully saturated rings. The van der Waals surface area contributed by atoms with Crippen LogP contribution in [0.3, 0.4) is 0 Å². The average molecular weight is 285 g/mol. The first kappa shape index (κ1) is 13.3. The quantitative estimate of drug-likeness (QED) is 0.727. The second kappa shape index (κ2) is 4.54. The van der Waals surface area contributed by atoms with E-state index in [0.29, 0.717) is 10.1 Å². The van der Waals surface area contributed by atoms with E-state index in [1.54, 1.807) is 0 Å². The molecule has 0 saturated heterocycles. The number of ether oxygens (including phenoxy) is 2. The molecule has 102 valence electrons. The van der Waals surface area contributed by atoms with Crippen molar-refractivity contribution in [3.63, 3.8) is 0 Å². The van der Waals surface area contributed by atoms with Crippen molar-refractivity contribution in [3.8, 4) is 5.75 Å². The molecule has 0 bridgehead atoms. The van der Waals surface area contributed by atoms with Crippen LogP contribution in [-0.4, -0.2) is 45.4 Å². The number of esters is 1. The zero-order valence-corrected chi connectivity index (χ0v) is 11.1. The van der Waals surface area contributed by atoms with Gasteiger partial charge in [-0.25, -0.2) is 12.7 Å². The highest BCUT2D eigenvalue weighted by atomic mass is 32.2. The summed E-state index contributed by atoms with van der Waals surface area (Å²) in [5.41, 5.74) is 0.0182. The number of nitrogens with zero attached hydrogens (tertiary/aromatic N) is 1. The summed E-state index contributed by atoms with van der Waals surface area (Å²) in [4.78, 5) is 23.0. The molecule has 0 spiro atoms. The Hall–Kier alpha value is -2.09. The number of carbonyl (C=O) groups is 2. The van der Waals surface area contributed by atoms with E-state index in [1.807, 2.05) is 0 Å². The van der Waals surface area contributed by atoms with Crippen LogP contribution in [0.5, 0.6) is 5.75 Å². The van der Waals surface area contributed by atoms with E-state index in [4.69, 9.17) is 4.74 Å². The summed E-state index contributed by atoms with van der Waals surface area (Å²) in [5.74, 6) is -1.24. The highest BCUT2D eigenvalue weighted by Gasteiger charge is 2.42. The Balaban J connectivity index is 2.50. The summed E-state index contributed by atoms with van der Waals surface area (Å²) in [7, 11) is -1.53. The molecule has 1 aromatic carbocycles. The Kier molecular flexibility index (Phi) is 3.19. The Morgan fingerprint density at radius 2 is 2.00 bits per heavy atom. The van der Waals surface area contributed by atoms with Crippen molar-refractivity contribution in [1.82, 2.24) is 4.31 Å².